The zero-order valence-corrected chi connectivity index (χ0v) is 16.1. The SMILES string of the molecule is CC(C)c1cc(S(=O)c2c(Cl)cc(Cc3nn[nH]n3)cc2Cl)n[nH]c1=O. The summed E-state index contributed by atoms with van der Waals surface area (Å²) in [6.45, 7) is 3.73. The molecular formula is C15H14Cl2N6O2S. The predicted molar refractivity (Wildman–Crippen MR) is 97.1 cm³/mol. The number of hydrogen-bond acceptors (Lipinski definition) is 6. The first-order valence-corrected chi connectivity index (χ1v) is 9.49. The van der Waals surface area contributed by atoms with Crippen LogP contribution in [0.15, 0.2) is 32.9 Å². The number of hydrogen-bond donors (Lipinski definition) is 2. The molecule has 2 heterocycles. The molecule has 1 unspecified atom stereocenters. The quantitative estimate of drug-likeness (QED) is 0.664. The molecular weight excluding hydrogens is 399 g/mol. The Bertz CT molecular complexity index is 996. The van der Waals surface area contributed by atoms with Crippen molar-refractivity contribution >= 4 is 34.0 Å². The summed E-state index contributed by atoms with van der Waals surface area (Å²) in [4.78, 5) is 12.0. The molecule has 2 aromatic heterocycles. The van der Waals surface area contributed by atoms with Crippen LogP contribution in [0.1, 0.15) is 36.7 Å². The van der Waals surface area contributed by atoms with Crippen molar-refractivity contribution in [3.63, 3.8) is 0 Å². The topological polar surface area (TPSA) is 117 Å². The van der Waals surface area contributed by atoms with E-state index in [0.29, 0.717) is 17.8 Å². The fourth-order valence-electron chi connectivity index (χ4n) is 2.36. The standard InChI is InChI=1S/C15H14Cl2N6O2S/c1-7(2)9-6-13(20-21-15(9)24)26(25)14-10(16)3-8(4-11(14)17)5-12-18-22-23-19-12/h3-4,6-7H,5H2,1-2H3,(H,21,24)(H,18,19,22,23). The van der Waals surface area contributed by atoms with Crippen LogP contribution in [0.5, 0.6) is 0 Å². The summed E-state index contributed by atoms with van der Waals surface area (Å²) in [7, 11) is -1.75. The molecule has 0 aliphatic rings. The van der Waals surface area contributed by atoms with E-state index in [1.807, 2.05) is 13.8 Å². The fourth-order valence-corrected chi connectivity index (χ4v) is 4.36. The lowest BCUT2D eigenvalue weighted by molar-refractivity contribution is 0.675. The summed E-state index contributed by atoms with van der Waals surface area (Å²) in [5.41, 5.74) is 0.928. The predicted octanol–water partition coefficient (Wildman–Crippen LogP) is 2.47. The van der Waals surface area contributed by atoms with Crippen molar-refractivity contribution in [1.82, 2.24) is 30.8 Å². The smallest absolute Gasteiger partial charge is 0.267 e. The summed E-state index contributed by atoms with van der Waals surface area (Å²) in [5.74, 6) is 0.440. The number of aromatic nitrogens is 6. The second-order valence-corrected chi connectivity index (χ2v) is 7.99. The van der Waals surface area contributed by atoms with Crippen molar-refractivity contribution in [2.75, 3.05) is 0 Å². The number of nitrogens with one attached hydrogen (secondary N) is 2. The van der Waals surface area contributed by atoms with E-state index in [-0.39, 0.29) is 31.4 Å². The van der Waals surface area contributed by atoms with E-state index in [1.54, 1.807) is 12.1 Å². The molecule has 0 spiro atoms. The second-order valence-electron chi connectivity index (χ2n) is 5.81. The molecule has 0 saturated heterocycles. The third-order valence-corrected chi connectivity index (χ3v) is 5.84. The van der Waals surface area contributed by atoms with Gasteiger partial charge in [-0.05, 0) is 29.7 Å². The lowest BCUT2D eigenvalue weighted by Gasteiger charge is -2.10. The Morgan fingerprint density at radius 1 is 1.15 bits per heavy atom. The summed E-state index contributed by atoms with van der Waals surface area (Å²) in [6, 6.07) is 4.80. The summed E-state index contributed by atoms with van der Waals surface area (Å²) < 4.78 is 12.9. The van der Waals surface area contributed by atoms with Crippen LogP contribution in [0.3, 0.4) is 0 Å². The van der Waals surface area contributed by atoms with Gasteiger partial charge in [0.2, 0.25) is 0 Å². The third kappa shape index (κ3) is 3.84. The Hall–Kier alpha value is -2.10. The van der Waals surface area contributed by atoms with Crippen LogP contribution in [0.25, 0.3) is 0 Å². The van der Waals surface area contributed by atoms with Gasteiger partial charge in [0.1, 0.15) is 10.8 Å². The molecule has 0 saturated carbocycles. The number of benzene rings is 1. The van der Waals surface area contributed by atoms with Gasteiger partial charge in [-0.1, -0.05) is 42.3 Å². The van der Waals surface area contributed by atoms with Gasteiger partial charge in [0.15, 0.2) is 10.9 Å². The van der Waals surface area contributed by atoms with E-state index < -0.39 is 10.8 Å². The van der Waals surface area contributed by atoms with Gasteiger partial charge in [-0.2, -0.15) is 10.3 Å². The summed E-state index contributed by atoms with van der Waals surface area (Å²) in [5, 5.41) is 20.5. The normalized spacial score (nSPS) is 12.5. The largest absolute Gasteiger partial charge is 0.268 e. The summed E-state index contributed by atoms with van der Waals surface area (Å²) in [6.07, 6.45) is 0.372. The molecule has 26 heavy (non-hydrogen) atoms. The molecule has 3 aromatic rings. The van der Waals surface area contributed by atoms with Gasteiger partial charge in [-0.25, -0.2) is 9.31 Å². The van der Waals surface area contributed by atoms with Gasteiger partial charge in [0.25, 0.3) is 5.56 Å². The highest BCUT2D eigenvalue weighted by molar-refractivity contribution is 7.85. The first-order valence-electron chi connectivity index (χ1n) is 7.58. The van der Waals surface area contributed by atoms with E-state index in [1.165, 1.54) is 6.07 Å². The van der Waals surface area contributed by atoms with Crippen LogP contribution in [-0.2, 0) is 17.2 Å². The molecule has 0 aliphatic heterocycles. The molecule has 0 fully saturated rings. The van der Waals surface area contributed by atoms with E-state index in [2.05, 4.69) is 30.8 Å². The van der Waals surface area contributed by atoms with E-state index in [0.717, 1.165) is 5.56 Å². The van der Waals surface area contributed by atoms with Crippen molar-refractivity contribution in [2.45, 2.75) is 36.1 Å². The van der Waals surface area contributed by atoms with E-state index in [4.69, 9.17) is 23.2 Å². The maximum Gasteiger partial charge on any atom is 0.267 e. The average Bonchev–Trinajstić information content (AvgIpc) is 3.07. The Labute approximate surface area is 160 Å². The van der Waals surface area contributed by atoms with Gasteiger partial charge in [-0.3, -0.25) is 4.79 Å². The fraction of sp³-hybridized carbons (Fsp3) is 0.267. The van der Waals surface area contributed by atoms with Crippen molar-refractivity contribution in [3.8, 4) is 0 Å². The van der Waals surface area contributed by atoms with Crippen LogP contribution in [0.2, 0.25) is 10.0 Å². The Kier molecular flexibility index (Phi) is 5.49. The number of tetrazole rings is 1. The molecule has 0 amide bonds. The molecule has 0 bridgehead atoms. The van der Waals surface area contributed by atoms with Gasteiger partial charge in [-0.15, -0.1) is 10.2 Å². The third-order valence-electron chi connectivity index (χ3n) is 3.62. The number of aromatic amines is 2. The van der Waals surface area contributed by atoms with Crippen LogP contribution in [-0.4, -0.2) is 35.0 Å². The molecule has 1 aromatic carbocycles. The first-order chi connectivity index (χ1) is 12.4. The molecule has 2 N–H and O–H groups in total. The van der Waals surface area contributed by atoms with E-state index >= 15 is 0 Å². The van der Waals surface area contributed by atoms with Crippen LogP contribution < -0.4 is 5.56 Å². The first kappa shape index (κ1) is 18.7. The Morgan fingerprint density at radius 3 is 2.42 bits per heavy atom. The molecule has 136 valence electrons. The highest BCUT2D eigenvalue weighted by Crippen LogP contribution is 2.32. The highest BCUT2D eigenvalue weighted by Gasteiger charge is 2.20. The number of nitrogens with zero attached hydrogens (tertiary/aromatic N) is 4. The lowest BCUT2D eigenvalue weighted by Crippen LogP contribution is -2.17. The Morgan fingerprint density at radius 2 is 1.85 bits per heavy atom. The molecule has 0 radical (unpaired) electrons. The minimum atomic E-state index is -1.75. The zero-order chi connectivity index (χ0) is 18.8. The lowest BCUT2D eigenvalue weighted by atomic mass is 10.1. The molecule has 3 rings (SSSR count). The van der Waals surface area contributed by atoms with Gasteiger partial charge >= 0.3 is 0 Å². The van der Waals surface area contributed by atoms with Crippen molar-refractivity contribution in [1.29, 1.82) is 0 Å². The monoisotopic (exact) mass is 412 g/mol. The minimum Gasteiger partial charge on any atom is -0.268 e. The second kappa shape index (κ2) is 7.65. The van der Waals surface area contributed by atoms with Crippen LogP contribution in [0, 0.1) is 0 Å². The number of rotatable bonds is 5. The van der Waals surface area contributed by atoms with Gasteiger partial charge in [0, 0.05) is 12.0 Å². The average molecular weight is 413 g/mol. The minimum absolute atomic E-state index is 0.0409. The zero-order valence-electron chi connectivity index (χ0n) is 13.8. The molecule has 11 heteroatoms. The molecule has 0 aliphatic carbocycles. The summed E-state index contributed by atoms with van der Waals surface area (Å²) >= 11 is 12.6. The maximum absolute atomic E-state index is 12.9. The van der Waals surface area contributed by atoms with Crippen molar-refractivity contribution < 1.29 is 4.21 Å². The van der Waals surface area contributed by atoms with Crippen molar-refractivity contribution in [2.24, 2.45) is 0 Å². The molecule has 1 atom stereocenters. The number of H-pyrrole nitrogens is 2. The highest BCUT2D eigenvalue weighted by atomic mass is 35.5. The van der Waals surface area contributed by atoms with Gasteiger partial charge in [0.05, 0.1) is 14.9 Å². The number of halogens is 2. The van der Waals surface area contributed by atoms with E-state index in [9.17, 15) is 9.00 Å². The van der Waals surface area contributed by atoms with Crippen LogP contribution >= 0.6 is 23.2 Å². The van der Waals surface area contributed by atoms with Gasteiger partial charge < -0.3 is 0 Å². The van der Waals surface area contributed by atoms with Crippen molar-refractivity contribution in [3.05, 3.63) is 55.5 Å². The maximum atomic E-state index is 12.9. The molecule has 8 nitrogen and oxygen atoms in total. The Balaban J connectivity index is 1.97. The van der Waals surface area contributed by atoms with Crippen LogP contribution in [0.4, 0.5) is 0 Å².